The minimum absolute atomic E-state index is 0.0990. The van der Waals surface area contributed by atoms with Crippen molar-refractivity contribution in [1.82, 2.24) is 4.98 Å². The summed E-state index contributed by atoms with van der Waals surface area (Å²) >= 11 is 13.7. The van der Waals surface area contributed by atoms with Crippen LogP contribution in [0.25, 0.3) is 0 Å². The minimum atomic E-state index is 0.0990. The van der Waals surface area contributed by atoms with Crippen LogP contribution in [0.5, 0.6) is 0 Å². The van der Waals surface area contributed by atoms with E-state index in [1.165, 1.54) is 11.1 Å². The molecule has 0 spiro atoms. The van der Waals surface area contributed by atoms with E-state index >= 15 is 0 Å². The highest BCUT2D eigenvalue weighted by Gasteiger charge is 2.19. The molecule has 0 radical (unpaired) electrons. The van der Waals surface area contributed by atoms with Gasteiger partial charge in [-0.2, -0.15) is 0 Å². The van der Waals surface area contributed by atoms with Gasteiger partial charge in [-0.3, -0.25) is 4.98 Å². The highest BCUT2D eigenvalue weighted by atomic mass is 35.5. The van der Waals surface area contributed by atoms with E-state index in [2.05, 4.69) is 65.3 Å². The number of nitrogens with zero attached hydrogens (tertiary/aromatic N) is 2. The monoisotopic (exact) mass is 446 g/mol. The molecule has 0 unspecified atom stereocenters. The molecular formula is C27H24Cl2N2. The quantitative estimate of drug-likeness (QED) is 0.288. The molecule has 31 heavy (non-hydrogen) atoms. The molecule has 4 heteroatoms. The number of aromatic nitrogens is 1. The normalized spacial score (nSPS) is 11.8. The fraction of sp³-hybridized carbons (Fsp3) is 0.148. The van der Waals surface area contributed by atoms with Crippen LogP contribution in [-0.2, 0) is 13.1 Å². The molecule has 0 bridgehead atoms. The van der Waals surface area contributed by atoms with Gasteiger partial charge in [0.1, 0.15) is 0 Å². The maximum absolute atomic E-state index is 6.85. The first-order chi connectivity index (χ1) is 15.1. The van der Waals surface area contributed by atoms with Gasteiger partial charge < -0.3 is 4.90 Å². The summed E-state index contributed by atoms with van der Waals surface area (Å²) in [4.78, 5) is 6.73. The van der Waals surface area contributed by atoms with Gasteiger partial charge in [-0.1, -0.05) is 96.9 Å². The predicted octanol–water partition coefficient (Wildman–Crippen LogP) is 7.75. The van der Waals surface area contributed by atoms with Gasteiger partial charge in [0.15, 0.2) is 0 Å². The Morgan fingerprint density at radius 1 is 0.742 bits per heavy atom. The largest absolute Gasteiger partial charge is 0.360 e. The van der Waals surface area contributed by atoms with Crippen LogP contribution >= 0.6 is 23.2 Å². The summed E-state index contributed by atoms with van der Waals surface area (Å²) in [5, 5.41) is 1.30. The van der Waals surface area contributed by atoms with Gasteiger partial charge >= 0.3 is 0 Å². The highest BCUT2D eigenvalue weighted by Crippen LogP contribution is 2.39. The van der Waals surface area contributed by atoms with Crippen molar-refractivity contribution in [3.05, 3.63) is 130 Å². The molecule has 1 atom stereocenters. The van der Waals surface area contributed by atoms with Crippen molar-refractivity contribution in [1.29, 1.82) is 0 Å². The van der Waals surface area contributed by atoms with Crippen LogP contribution in [0.2, 0.25) is 10.0 Å². The van der Waals surface area contributed by atoms with Crippen molar-refractivity contribution in [3.8, 4) is 0 Å². The molecular weight excluding hydrogens is 423 g/mol. The third-order valence-electron chi connectivity index (χ3n) is 5.42. The van der Waals surface area contributed by atoms with Gasteiger partial charge in [-0.05, 0) is 41.0 Å². The number of hydrogen-bond acceptors (Lipinski definition) is 2. The summed E-state index contributed by atoms with van der Waals surface area (Å²) in [6.45, 7) is 3.55. The average Bonchev–Trinajstić information content (AvgIpc) is 2.80. The van der Waals surface area contributed by atoms with Crippen molar-refractivity contribution < 1.29 is 0 Å². The Hall–Kier alpha value is -2.81. The summed E-state index contributed by atoms with van der Waals surface area (Å²) in [5.41, 5.74) is 5.31. The van der Waals surface area contributed by atoms with Gasteiger partial charge in [0.05, 0.1) is 15.7 Å². The zero-order valence-electron chi connectivity index (χ0n) is 17.4. The second-order valence-electron chi connectivity index (χ2n) is 7.64. The fourth-order valence-corrected chi connectivity index (χ4v) is 4.50. The van der Waals surface area contributed by atoms with Gasteiger partial charge in [0, 0.05) is 30.9 Å². The molecule has 1 heterocycles. The number of halogens is 2. The van der Waals surface area contributed by atoms with Crippen LogP contribution in [0.15, 0.2) is 97.2 Å². The standard InChI is InChI=1S/C27H24Cl2N2/c1-20(26-14-8-9-15-30-26)23-16-24(28)27(25(29)17-23)31(18-21-10-4-2-5-11-21)19-22-12-6-3-7-13-22/h2-17,20H,18-19H2,1H3/t20-/m1/s1. The Bertz CT molecular complexity index is 1050. The topological polar surface area (TPSA) is 16.1 Å². The Balaban J connectivity index is 1.70. The van der Waals surface area contributed by atoms with E-state index in [1.54, 1.807) is 0 Å². The van der Waals surface area contributed by atoms with E-state index in [0.29, 0.717) is 23.1 Å². The Morgan fingerprint density at radius 2 is 1.26 bits per heavy atom. The summed E-state index contributed by atoms with van der Waals surface area (Å²) < 4.78 is 0. The van der Waals surface area contributed by atoms with Gasteiger partial charge in [0.2, 0.25) is 0 Å². The third-order valence-corrected chi connectivity index (χ3v) is 6.00. The zero-order valence-corrected chi connectivity index (χ0v) is 18.9. The summed E-state index contributed by atoms with van der Waals surface area (Å²) in [5.74, 6) is 0.0990. The lowest BCUT2D eigenvalue weighted by Gasteiger charge is -2.28. The molecule has 0 amide bonds. The molecule has 0 N–H and O–H groups in total. The minimum Gasteiger partial charge on any atom is -0.360 e. The first kappa shape index (κ1) is 21.4. The van der Waals surface area contributed by atoms with E-state index in [9.17, 15) is 0 Å². The summed E-state index contributed by atoms with van der Waals surface area (Å²) in [7, 11) is 0. The molecule has 0 fully saturated rings. The van der Waals surface area contributed by atoms with Crippen molar-refractivity contribution in [2.24, 2.45) is 0 Å². The second-order valence-corrected chi connectivity index (χ2v) is 8.45. The average molecular weight is 447 g/mol. The van der Waals surface area contributed by atoms with Crippen molar-refractivity contribution in [3.63, 3.8) is 0 Å². The number of rotatable bonds is 7. The first-order valence-corrected chi connectivity index (χ1v) is 11.1. The van der Waals surface area contributed by atoms with E-state index in [0.717, 1.165) is 16.9 Å². The molecule has 1 aromatic heterocycles. The number of anilines is 1. The van der Waals surface area contributed by atoms with Crippen LogP contribution in [0.1, 0.15) is 35.2 Å². The van der Waals surface area contributed by atoms with Crippen molar-refractivity contribution in [2.75, 3.05) is 4.90 Å². The maximum atomic E-state index is 6.85. The van der Waals surface area contributed by atoms with E-state index in [1.807, 2.05) is 48.7 Å². The van der Waals surface area contributed by atoms with Crippen molar-refractivity contribution in [2.45, 2.75) is 25.9 Å². The Labute approximate surface area is 194 Å². The van der Waals surface area contributed by atoms with Gasteiger partial charge in [0.25, 0.3) is 0 Å². The first-order valence-electron chi connectivity index (χ1n) is 10.3. The van der Waals surface area contributed by atoms with E-state index in [-0.39, 0.29) is 5.92 Å². The Morgan fingerprint density at radius 3 is 1.74 bits per heavy atom. The number of hydrogen-bond donors (Lipinski definition) is 0. The Kier molecular flexibility index (Phi) is 6.91. The van der Waals surface area contributed by atoms with Crippen molar-refractivity contribution >= 4 is 28.9 Å². The van der Waals surface area contributed by atoms with Crippen LogP contribution in [0.3, 0.4) is 0 Å². The maximum Gasteiger partial charge on any atom is 0.0751 e. The molecule has 0 saturated carbocycles. The van der Waals surface area contributed by atoms with Crippen LogP contribution in [0.4, 0.5) is 5.69 Å². The number of benzene rings is 3. The fourth-order valence-electron chi connectivity index (χ4n) is 3.76. The second kappa shape index (κ2) is 10.00. The zero-order chi connectivity index (χ0) is 21.6. The lowest BCUT2D eigenvalue weighted by atomic mass is 9.96. The lowest BCUT2D eigenvalue weighted by Crippen LogP contribution is -2.23. The van der Waals surface area contributed by atoms with E-state index in [4.69, 9.17) is 23.2 Å². The smallest absolute Gasteiger partial charge is 0.0751 e. The molecule has 0 saturated heterocycles. The molecule has 0 aliphatic rings. The predicted molar refractivity (Wildman–Crippen MR) is 131 cm³/mol. The summed E-state index contributed by atoms with van der Waals surface area (Å²) in [6, 6.07) is 30.7. The van der Waals surface area contributed by atoms with Gasteiger partial charge in [-0.15, -0.1) is 0 Å². The van der Waals surface area contributed by atoms with E-state index < -0.39 is 0 Å². The molecule has 4 aromatic rings. The number of pyridine rings is 1. The lowest BCUT2D eigenvalue weighted by molar-refractivity contribution is 0.798. The van der Waals surface area contributed by atoms with Gasteiger partial charge in [-0.25, -0.2) is 0 Å². The third kappa shape index (κ3) is 5.28. The SMILES string of the molecule is C[C@H](c1cc(Cl)c(N(Cc2ccccc2)Cc2ccccc2)c(Cl)c1)c1ccccn1. The molecule has 3 aromatic carbocycles. The van der Waals surface area contributed by atoms with Crippen LogP contribution in [0, 0.1) is 0 Å². The summed E-state index contributed by atoms with van der Waals surface area (Å²) in [6.07, 6.45) is 1.81. The molecule has 0 aliphatic carbocycles. The molecule has 0 aliphatic heterocycles. The molecule has 2 nitrogen and oxygen atoms in total. The molecule has 4 rings (SSSR count). The van der Waals surface area contributed by atoms with Crippen LogP contribution in [-0.4, -0.2) is 4.98 Å². The highest BCUT2D eigenvalue weighted by molar-refractivity contribution is 6.39. The molecule has 156 valence electrons. The van der Waals surface area contributed by atoms with Crippen LogP contribution < -0.4 is 4.90 Å².